The van der Waals surface area contributed by atoms with E-state index in [0.717, 1.165) is 20.9 Å². The van der Waals surface area contributed by atoms with E-state index in [4.69, 9.17) is 4.74 Å². The van der Waals surface area contributed by atoms with Crippen molar-refractivity contribution in [2.75, 3.05) is 18.4 Å². The number of carbonyl (C=O) groups excluding carboxylic acids is 1. The second kappa shape index (κ2) is 6.16. The highest BCUT2D eigenvalue weighted by Gasteiger charge is 2.35. The first kappa shape index (κ1) is 16.0. The lowest BCUT2D eigenvalue weighted by Gasteiger charge is -2.42. The van der Waals surface area contributed by atoms with Gasteiger partial charge in [0.1, 0.15) is 0 Å². The molecule has 1 heterocycles. The molecule has 0 bridgehead atoms. The van der Waals surface area contributed by atoms with Crippen molar-refractivity contribution in [1.29, 1.82) is 0 Å². The van der Waals surface area contributed by atoms with Crippen LogP contribution in [0, 0.1) is 6.92 Å². The molecule has 1 aromatic carbocycles. The van der Waals surface area contributed by atoms with Gasteiger partial charge in [-0.05, 0) is 48.3 Å². The highest BCUT2D eigenvalue weighted by molar-refractivity contribution is 9.10. The number of nitrogens with zero attached hydrogens (tertiary/aromatic N) is 1. The number of rotatable bonds is 2. The van der Waals surface area contributed by atoms with Crippen molar-refractivity contribution < 1.29 is 9.53 Å². The third-order valence-corrected chi connectivity index (χ3v) is 5.14. The van der Waals surface area contributed by atoms with Crippen molar-refractivity contribution in [3.8, 4) is 0 Å². The smallest absolute Gasteiger partial charge is 0.255 e. The van der Waals surface area contributed by atoms with Gasteiger partial charge in [0.15, 0.2) is 0 Å². The van der Waals surface area contributed by atoms with E-state index in [2.05, 4.69) is 31.9 Å². The predicted octanol–water partition coefficient (Wildman–Crippen LogP) is 3.77. The molecule has 2 rings (SSSR count). The fourth-order valence-corrected chi connectivity index (χ4v) is 3.28. The Hall–Kier alpha value is -0.390. The number of ether oxygens (including phenoxy) is 1. The maximum absolute atomic E-state index is 12.7. The minimum absolute atomic E-state index is 0.0336. The summed E-state index contributed by atoms with van der Waals surface area (Å²) in [5.41, 5.74) is 1.47. The highest BCUT2D eigenvalue weighted by Crippen LogP contribution is 2.27. The predicted molar refractivity (Wildman–Crippen MR) is 87.5 cm³/mol. The van der Waals surface area contributed by atoms with E-state index < -0.39 is 0 Å². The first-order chi connectivity index (χ1) is 9.34. The van der Waals surface area contributed by atoms with E-state index >= 15 is 0 Å². The summed E-state index contributed by atoms with van der Waals surface area (Å²) in [6.45, 7) is 7.26. The van der Waals surface area contributed by atoms with Gasteiger partial charge in [-0.15, -0.1) is 0 Å². The summed E-state index contributed by atoms with van der Waals surface area (Å²) < 4.78 is 6.82. The van der Waals surface area contributed by atoms with Gasteiger partial charge < -0.3 is 9.64 Å². The SMILES string of the molecule is Cc1cccc(C(=O)N2CC(CBr)OC(C)(C)C2)c1Br. The van der Waals surface area contributed by atoms with Crippen molar-refractivity contribution in [1.82, 2.24) is 4.90 Å². The summed E-state index contributed by atoms with van der Waals surface area (Å²) in [5, 5.41) is 0.731. The number of morpholine rings is 1. The quantitative estimate of drug-likeness (QED) is 0.702. The summed E-state index contributed by atoms with van der Waals surface area (Å²) >= 11 is 6.97. The molecular weight excluding hydrogens is 386 g/mol. The minimum atomic E-state index is -0.317. The van der Waals surface area contributed by atoms with Crippen molar-refractivity contribution in [2.45, 2.75) is 32.5 Å². The molecule has 1 unspecified atom stereocenters. The number of halogens is 2. The fraction of sp³-hybridized carbons (Fsp3) is 0.533. The Bertz CT molecular complexity index is 517. The lowest BCUT2D eigenvalue weighted by molar-refractivity contribution is -0.116. The van der Waals surface area contributed by atoms with Crippen LogP contribution in [0.4, 0.5) is 0 Å². The summed E-state index contributed by atoms with van der Waals surface area (Å²) in [6.07, 6.45) is 0.0336. The maximum Gasteiger partial charge on any atom is 0.255 e. The first-order valence-corrected chi connectivity index (χ1v) is 8.53. The number of amides is 1. The van der Waals surface area contributed by atoms with Crippen LogP contribution in [0.2, 0.25) is 0 Å². The maximum atomic E-state index is 12.7. The highest BCUT2D eigenvalue weighted by atomic mass is 79.9. The van der Waals surface area contributed by atoms with Gasteiger partial charge in [0.25, 0.3) is 5.91 Å². The van der Waals surface area contributed by atoms with Gasteiger partial charge >= 0.3 is 0 Å². The molecule has 1 amide bonds. The molecule has 0 aromatic heterocycles. The zero-order valence-electron chi connectivity index (χ0n) is 12.0. The molecule has 1 aliphatic heterocycles. The third-order valence-electron chi connectivity index (χ3n) is 3.36. The number of hydrogen-bond donors (Lipinski definition) is 0. The van der Waals surface area contributed by atoms with Gasteiger partial charge in [0, 0.05) is 22.9 Å². The molecular formula is C15H19Br2NO2. The van der Waals surface area contributed by atoms with Gasteiger partial charge in [-0.1, -0.05) is 28.1 Å². The van der Waals surface area contributed by atoms with Crippen LogP contribution in [0.1, 0.15) is 29.8 Å². The summed E-state index contributed by atoms with van der Waals surface area (Å²) in [7, 11) is 0. The molecule has 0 N–H and O–H groups in total. The molecule has 1 atom stereocenters. The number of alkyl halides is 1. The van der Waals surface area contributed by atoms with E-state index in [-0.39, 0.29) is 17.6 Å². The van der Waals surface area contributed by atoms with Crippen LogP contribution in [-0.2, 0) is 4.74 Å². The van der Waals surface area contributed by atoms with Crippen LogP contribution >= 0.6 is 31.9 Å². The zero-order valence-corrected chi connectivity index (χ0v) is 15.1. The molecule has 110 valence electrons. The van der Waals surface area contributed by atoms with Crippen LogP contribution in [-0.4, -0.2) is 40.9 Å². The fourth-order valence-electron chi connectivity index (χ4n) is 2.51. The van der Waals surface area contributed by atoms with Crippen LogP contribution in [0.5, 0.6) is 0 Å². The topological polar surface area (TPSA) is 29.5 Å². The molecule has 1 aromatic rings. The minimum Gasteiger partial charge on any atom is -0.368 e. The number of aryl methyl sites for hydroxylation is 1. The largest absolute Gasteiger partial charge is 0.368 e. The Morgan fingerprint density at radius 3 is 2.85 bits per heavy atom. The van der Waals surface area contributed by atoms with E-state index in [1.54, 1.807) is 0 Å². The standard InChI is InChI=1S/C15H19Br2NO2/c1-10-5-4-6-12(13(10)17)14(19)18-8-11(7-16)20-15(2,3)9-18/h4-6,11H,7-9H2,1-3H3. The monoisotopic (exact) mass is 403 g/mol. The van der Waals surface area contributed by atoms with Crippen LogP contribution < -0.4 is 0 Å². The molecule has 1 saturated heterocycles. The Kier molecular flexibility index (Phi) is 4.92. The summed E-state index contributed by atoms with van der Waals surface area (Å²) in [4.78, 5) is 14.6. The average Bonchev–Trinajstić information content (AvgIpc) is 2.39. The molecule has 1 fully saturated rings. The molecule has 0 radical (unpaired) electrons. The Morgan fingerprint density at radius 2 is 2.20 bits per heavy atom. The molecule has 0 spiro atoms. The van der Waals surface area contributed by atoms with Crippen LogP contribution in [0.3, 0.4) is 0 Å². The van der Waals surface area contributed by atoms with Crippen LogP contribution in [0.25, 0.3) is 0 Å². The first-order valence-electron chi connectivity index (χ1n) is 6.62. The van der Waals surface area contributed by atoms with Crippen molar-refractivity contribution in [3.63, 3.8) is 0 Å². The Balaban J connectivity index is 2.26. The zero-order chi connectivity index (χ0) is 14.9. The van der Waals surface area contributed by atoms with Crippen LogP contribution in [0.15, 0.2) is 22.7 Å². The third kappa shape index (κ3) is 3.43. The number of carbonyl (C=O) groups is 1. The van der Waals surface area contributed by atoms with E-state index in [1.165, 1.54) is 0 Å². The molecule has 3 nitrogen and oxygen atoms in total. The lowest BCUT2D eigenvalue weighted by Crippen LogP contribution is -2.55. The van der Waals surface area contributed by atoms with E-state index in [0.29, 0.717) is 13.1 Å². The van der Waals surface area contributed by atoms with Gasteiger partial charge in [-0.3, -0.25) is 4.79 Å². The van der Waals surface area contributed by atoms with Gasteiger partial charge in [0.2, 0.25) is 0 Å². The normalized spacial score (nSPS) is 21.9. The average molecular weight is 405 g/mol. The van der Waals surface area contributed by atoms with Gasteiger partial charge in [-0.25, -0.2) is 0 Å². The number of benzene rings is 1. The van der Waals surface area contributed by atoms with Crippen molar-refractivity contribution >= 4 is 37.8 Å². The molecule has 5 heteroatoms. The van der Waals surface area contributed by atoms with Crippen molar-refractivity contribution in [3.05, 3.63) is 33.8 Å². The number of hydrogen-bond acceptors (Lipinski definition) is 2. The van der Waals surface area contributed by atoms with Gasteiger partial charge in [-0.2, -0.15) is 0 Å². The lowest BCUT2D eigenvalue weighted by atomic mass is 10.0. The van der Waals surface area contributed by atoms with Gasteiger partial charge in [0.05, 0.1) is 17.3 Å². The molecule has 20 heavy (non-hydrogen) atoms. The Labute approximate surface area is 136 Å². The summed E-state index contributed by atoms with van der Waals surface area (Å²) in [5.74, 6) is 0.0582. The Morgan fingerprint density at radius 1 is 1.50 bits per heavy atom. The van der Waals surface area contributed by atoms with E-state index in [9.17, 15) is 4.79 Å². The second-order valence-corrected chi connectivity index (χ2v) is 7.22. The molecule has 0 saturated carbocycles. The summed E-state index contributed by atoms with van der Waals surface area (Å²) in [6, 6.07) is 5.78. The van der Waals surface area contributed by atoms with E-state index in [1.807, 2.05) is 43.9 Å². The van der Waals surface area contributed by atoms with Crippen molar-refractivity contribution in [2.24, 2.45) is 0 Å². The molecule has 0 aliphatic carbocycles. The molecule has 1 aliphatic rings. The second-order valence-electron chi connectivity index (χ2n) is 5.78.